The minimum Gasteiger partial charge on any atom is -0.340 e. The van der Waals surface area contributed by atoms with Gasteiger partial charge in [-0.1, -0.05) is 6.07 Å². The second kappa shape index (κ2) is 6.01. The number of sulfonamides is 1. The number of hydrogen-bond donors (Lipinski definition) is 0. The van der Waals surface area contributed by atoms with Crippen molar-refractivity contribution in [3.8, 4) is 0 Å². The first-order valence-corrected chi connectivity index (χ1v) is 8.18. The summed E-state index contributed by atoms with van der Waals surface area (Å²) < 4.78 is 26.6. The van der Waals surface area contributed by atoms with Gasteiger partial charge in [-0.3, -0.25) is 14.9 Å². The van der Waals surface area contributed by atoms with E-state index >= 15 is 0 Å². The van der Waals surface area contributed by atoms with E-state index in [1.165, 1.54) is 23.4 Å². The maximum absolute atomic E-state index is 12.7. The van der Waals surface area contributed by atoms with Crippen LogP contribution in [-0.4, -0.2) is 54.6 Å². The van der Waals surface area contributed by atoms with Gasteiger partial charge in [-0.15, -0.1) is 0 Å². The van der Waals surface area contributed by atoms with Crippen molar-refractivity contribution in [3.63, 3.8) is 0 Å². The number of rotatable bonds is 3. The third-order valence-electron chi connectivity index (χ3n) is 3.68. The van der Waals surface area contributed by atoms with E-state index in [-0.39, 0.29) is 29.6 Å². The Bertz CT molecular complexity index is 708. The van der Waals surface area contributed by atoms with Gasteiger partial charge in [-0.2, -0.15) is 4.31 Å². The van der Waals surface area contributed by atoms with E-state index in [0.29, 0.717) is 18.7 Å². The molecule has 0 atom stereocenters. The molecule has 1 aliphatic rings. The quantitative estimate of drug-likeness (QED) is 0.602. The molecule has 0 spiro atoms. The largest absolute Gasteiger partial charge is 0.340 e. The van der Waals surface area contributed by atoms with Crippen LogP contribution in [0.25, 0.3) is 0 Å². The van der Waals surface area contributed by atoms with Crippen LogP contribution in [0.1, 0.15) is 12.5 Å². The first-order valence-electron chi connectivity index (χ1n) is 6.74. The van der Waals surface area contributed by atoms with Crippen LogP contribution in [0, 0.1) is 17.0 Å². The molecule has 1 saturated heterocycles. The lowest BCUT2D eigenvalue weighted by Crippen LogP contribution is -2.50. The van der Waals surface area contributed by atoms with Gasteiger partial charge in [-0.05, 0) is 12.5 Å². The Hall–Kier alpha value is -2.00. The highest BCUT2D eigenvalue weighted by molar-refractivity contribution is 7.89. The smallest absolute Gasteiger partial charge is 0.270 e. The van der Waals surface area contributed by atoms with Crippen LogP contribution >= 0.6 is 0 Å². The minimum absolute atomic E-state index is 0.0574. The SMILES string of the molecule is CC(=O)N1CCN(S(=O)(=O)c2cc([N+](=O)[O-])ccc2C)CC1. The van der Waals surface area contributed by atoms with E-state index in [2.05, 4.69) is 0 Å². The summed E-state index contributed by atoms with van der Waals surface area (Å²) in [6.07, 6.45) is 0. The summed E-state index contributed by atoms with van der Waals surface area (Å²) in [5.41, 5.74) is 0.200. The topological polar surface area (TPSA) is 101 Å². The van der Waals surface area contributed by atoms with Gasteiger partial charge in [0.25, 0.3) is 5.69 Å². The maximum atomic E-state index is 12.7. The first-order chi connectivity index (χ1) is 10.2. The molecule has 1 heterocycles. The molecule has 0 N–H and O–H groups in total. The van der Waals surface area contributed by atoms with Crippen molar-refractivity contribution in [2.45, 2.75) is 18.7 Å². The molecule has 120 valence electrons. The first kappa shape index (κ1) is 16.4. The van der Waals surface area contributed by atoms with Crippen molar-refractivity contribution >= 4 is 21.6 Å². The Labute approximate surface area is 128 Å². The zero-order valence-electron chi connectivity index (χ0n) is 12.4. The molecule has 9 heteroatoms. The van der Waals surface area contributed by atoms with Crippen LogP contribution in [0.5, 0.6) is 0 Å². The summed E-state index contributed by atoms with van der Waals surface area (Å²) >= 11 is 0. The van der Waals surface area contributed by atoms with Crippen LogP contribution in [0.15, 0.2) is 23.1 Å². The molecule has 1 fully saturated rings. The summed E-state index contributed by atoms with van der Waals surface area (Å²) in [6.45, 7) is 4.05. The zero-order valence-corrected chi connectivity index (χ0v) is 13.2. The minimum atomic E-state index is -3.81. The number of non-ortho nitro benzene ring substituents is 1. The van der Waals surface area contributed by atoms with Gasteiger partial charge >= 0.3 is 0 Å². The molecule has 0 aromatic heterocycles. The van der Waals surface area contributed by atoms with Gasteiger partial charge < -0.3 is 4.90 Å². The molecule has 22 heavy (non-hydrogen) atoms. The fourth-order valence-electron chi connectivity index (χ4n) is 2.36. The number of amides is 1. The molecule has 0 saturated carbocycles. The van der Waals surface area contributed by atoms with Gasteiger partial charge in [0.1, 0.15) is 0 Å². The summed E-state index contributed by atoms with van der Waals surface area (Å²) in [5, 5.41) is 10.8. The molecule has 0 radical (unpaired) electrons. The van der Waals surface area contributed by atoms with Crippen LogP contribution < -0.4 is 0 Å². The monoisotopic (exact) mass is 327 g/mol. The summed E-state index contributed by atoms with van der Waals surface area (Å²) in [7, 11) is -3.81. The Kier molecular flexibility index (Phi) is 4.47. The molecule has 1 aliphatic heterocycles. The Balaban J connectivity index is 2.30. The highest BCUT2D eigenvalue weighted by Gasteiger charge is 2.31. The fraction of sp³-hybridized carbons (Fsp3) is 0.462. The highest BCUT2D eigenvalue weighted by atomic mass is 32.2. The number of hydrogen-bond acceptors (Lipinski definition) is 5. The third kappa shape index (κ3) is 3.09. The van der Waals surface area contributed by atoms with Gasteiger partial charge in [0.2, 0.25) is 15.9 Å². The predicted octanol–water partition coefficient (Wildman–Crippen LogP) is 0.756. The summed E-state index contributed by atoms with van der Waals surface area (Å²) in [6, 6.07) is 3.79. The molecular formula is C13H17N3O5S. The number of carbonyl (C=O) groups is 1. The molecular weight excluding hydrogens is 310 g/mol. The molecule has 1 aromatic rings. The lowest BCUT2D eigenvalue weighted by Gasteiger charge is -2.33. The van der Waals surface area contributed by atoms with Crippen molar-refractivity contribution < 1.29 is 18.1 Å². The van der Waals surface area contributed by atoms with Crippen molar-refractivity contribution in [1.29, 1.82) is 0 Å². The Morgan fingerprint density at radius 1 is 1.23 bits per heavy atom. The standard InChI is InChI=1S/C13H17N3O5S/c1-10-3-4-12(16(18)19)9-13(10)22(20,21)15-7-5-14(6-8-15)11(2)17/h3-4,9H,5-8H2,1-2H3. The predicted molar refractivity (Wildman–Crippen MR) is 78.8 cm³/mol. The lowest BCUT2D eigenvalue weighted by molar-refractivity contribution is -0.385. The maximum Gasteiger partial charge on any atom is 0.270 e. The summed E-state index contributed by atoms with van der Waals surface area (Å²) in [5.74, 6) is -0.0939. The number of nitro benzene ring substituents is 1. The van der Waals surface area contributed by atoms with E-state index in [9.17, 15) is 23.3 Å². The van der Waals surface area contributed by atoms with Gasteiger partial charge in [0, 0.05) is 45.2 Å². The van der Waals surface area contributed by atoms with E-state index in [1.54, 1.807) is 11.8 Å². The van der Waals surface area contributed by atoms with Crippen molar-refractivity contribution in [2.75, 3.05) is 26.2 Å². The van der Waals surface area contributed by atoms with Crippen LogP contribution in [0.2, 0.25) is 0 Å². The molecule has 8 nitrogen and oxygen atoms in total. The molecule has 0 aliphatic carbocycles. The average molecular weight is 327 g/mol. The van der Waals surface area contributed by atoms with E-state index in [0.717, 1.165) is 6.07 Å². The normalized spacial score (nSPS) is 16.5. The Morgan fingerprint density at radius 2 is 1.82 bits per heavy atom. The number of nitrogens with zero attached hydrogens (tertiary/aromatic N) is 3. The number of aryl methyl sites for hydroxylation is 1. The van der Waals surface area contributed by atoms with Crippen LogP contribution in [0.4, 0.5) is 5.69 Å². The van der Waals surface area contributed by atoms with Crippen molar-refractivity contribution in [2.24, 2.45) is 0 Å². The molecule has 0 unspecified atom stereocenters. The van der Waals surface area contributed by atoms with Crippen molar-refractivity contribution in [1.82, 2.24) is 9.21 Å². The zero-order chi connectivity index (χ0) is 16.5. The molecule has 2 rings (SSSR count). The number of benzene rings is 1. The van der Waals surface area contributed by atoms with E-state index < -0.39 is 14.9 Å². The highest BCUT2D eigenvalue weighted by Crippen LogP contribution is 2.25. The lowest BCUT2D eigenvalue weighted by atomic mass is 10.2. The van der Waals surface area contributed by atoms with Gasteiger partial charge in [-0.25, -0.2) is 8.42 Å². The van der Waals surface area contributed by atoms with Crippen LogP contribution in [0.3, 0.4) is 0 Å². The third-order valence-corrected chi connectivity index (χ3v) is 5.72. The van der Waals surface area contributed by atoms with E-state index in [1.807, 2.05) is 0 Å². The van der Waals surface area contributed by atoms with Crippen LogP contribution in [-0.2, 0) is 14.8 Å². The van der Waals surface area contributed by atoms with E-state index in [4.69, 9.17) is 0 Å². The van der Waals surface area contributed by atoms with Gasteiger partial charge in [0.15, 0.2) is 0 Å². The average Bonchev–Trinajstić information content (AvgIpc) is 2.47. The Morgan fingerprint density at radius 3 is 2.32 bits per heavy atom. The van der Waals surface area contributed by atoms with Gasteiger partial charge in [0.05, 0.1) is 9.82 Å². The second-order valence-corrected chi connectivity index (χ2v) is 7.02. The fourth-order valence-corrected chi connectivity index (χ4v) is 4.03. The summed E-state index contributed by atoms with van der Waals surface area (Å²) in [4.78, 5) is 23.0. The van der Waals surface area contributed by atoms with Crippen molar-refractivity contribution in [3.05, 3.63) is 33.9 Å². The molecule has 1 amide bonds. The number of nitro groups is 1. The number of carbonyl (C=O) groups excluding carboxylic acids is 1. The second-order valence-electron chi connectivity index (χ2n) is 5.12. The molecule has 1 aromatic carbocycles. The number of piperazine rings is 1. The molecule has 0 bridgehead atoms.